The van der Waals surface area contributed by atoms with E-state index >= 15 is 0 Å². The van der Waals surface area contributed by atoms with Gasteiger partial charge in [0.1, 0.15) is 12.3 Å². The smallest absolute Gasteiger partial charge is 0.294 e. The van der Waals surface area contributed by atoms with Crippen molar-refractivity contribution in [2.45, 2.75) is 39.2 Å². The van der Waals surface area contributed by atoms with Gasteiger partial charge >= 0.3 is 0 Å². The number of nitrogens with zero attached hydrogens (tertiary/aromatic N) is 2. The Morgan fingerprint density at radius 2 is 1.84 bits per heavy atom. The normalized spacial score (nSPS) is 18.5. The summed E-state index contributed by atoms with van der Waals surface area (Å²) in [4.78, 5) is 41.3. The maximum absolute atomic E-state index is 13.0. The van der Waals surface area contributed by atoms with Crippen LogP contribution in [0.25, 0.3) is 16.8 Å². The van der Waals surface area contributed by atoms with Crippen LogP contribution in [0, 0.1) is 0 Å². The second-order valence-corrected chi connectivity index (χ2v) is 9.07. The first-order valence-corrected chi connectivity index (χ1v) is 11.5. The van der Waals surface area contributed by atoms with Crippen LogP contribution in [0.3, 0.4) is 0 Å². The molecule has 2 aromatic carbocycles. The molecule has 2 aromatic rings. The molecule has 0 unspecified atom stereocenters. The lowest BCUT2D eigenvalue weighted by Crippen LogP contribution is -2.44. The third kappa shape index (κ3) is 4.61. The zero-order valence-electron chi connectivity index (χ0n) is 17.8. The molecule has 0 atom stereocenters. The third-order valence-electron chi connectivity index (χ3n) is 5.44. The zero-order chi connectivity index (χ0) is 22.0. The molecule has 2 fully saturated rings. The van der Waals surface area contributed by atoms with Gasteiger partial charge in [0.05, 0.1) is 11.0 Å². The van der Waals surface area contributed by atoms with Gasteiger partial charge in [-0.15, -0.1) is 0 Å². The number of imide groups is 1. The molecule has 0 radical (unpaired) electrons. The Balaban J connectivity index is 1.63. The first kappa shape index (κ1) is 21.4. The van der Waals surface area contributed by atoms with Crippen molar-refractivity contribution in [2.75, 3.05) is 19.6 Å². The van der Waals surface area contributed by atoms with E-state index in [4.69, 9.17) is 4.74 Å². The molecule has 0 bridgehead atoms. The first-order chi connectivity index (χ1) is 14.9. The molecular formula is C24H26N2O4S. The highest BCUT2D eigenvalue weighted by Gasteiger charge is 2.37. The Bertz CT molecular complexity index is 1060. The summed E-state index contributed by atoms with van der Waals surface area (Å²) >= 11 is 0.874. The third-order valence-corrected chi connectivity index (χ3v) is 6.35. The summed E-state index contributed by atoms with van der Waals surface area (Å²) in [6.45, 7) is 5.07. The molecule has 7 heteroatoms. The number of carbonyl (C=O) groups excluding carboxylic acids is 3. The van der Waals surface area contributed by atoms with E-state index in [1.165, 1.54) is 0 Å². The first-order valence-electron chi connectivity index (χ1n) is 10.7. The number of benzene rings is 2. The van der Waals surface area contributed by atoms with E-state index in [2.05, 4.69) is 0 Å². The minimum absolute atomic E-state index is 0.0365. The number of likely N-dealkylation sites (tertiary alicyclic amines) is 1. The van der Waals surface area contributed by atoms with Crippen LogP contribution in [-0.4, -0.2) is 52.6 Å². The predicted octanol–water partition coefficient (Wildman–Crippen LogP) is 4.68. The zero-order valence-corrected chi connectivity index (χ0v) is 18.6. The van der Waals surface area contributed by atoms with E-state index in [0.717, 1.165) is 52.3 Å². The van der Waals surface area contributed by atoms with Crippen LogP contribution in [0.15, 0.2) is 41.3 Å². The van der Waals surface area contributed by atoms with Crippen LogP contribution in [-0.2, 0) is 9.59 Å². The molecule has 3 amide bonds. The molecule has 162 valence electrons. The molecule has 2 aliphatic rings. The van der Waals surface area contributed by atoms with Crippen molar-refractivity contribution in [3.8, 4) is 5.75 Å². The Morgan fingerprint density at radius 3 is 2.58 bits per heavy atom. The standard InChI is InChI=1S/C24H26N2O4S/c1-16(2)30-20-11-10-17-8-4-5-9-18(17)19(20)14-21-23(28)26(24(29)31-21)15-22(27)25-12-6-3-7-13-25/h4-5,8-11,14,16H,3,6-7,12-13,15H2,1-2H3. The second-order valence-electron chi connectivity index (χ2n) is 8.07. The molecule has 2 heterocycles. The lowest BCUT2D eigenvalue weighted by Gasteiger charge is -2.27. The average molecular weight is 439 g/mol. The number of fused-ring (bicyclic) bond motifs is 1. The largest absolute Gasteiger partial charge is 0.490 e. The van der Waals surface area contributed by atoms with Crippen molar-refractivity contribution in [1.29, 1.82) is 0 Å². The number of ether oxygens (including phenoxy) is 1. The summed E-state index contributed by atoms with van der Waals surface area (Å²) in [6.07, 6.45) is 4.72. The quantitative estimate of drug-likeness (QED) is 0.635. The molecule has 0 aromatic heterocycles. The van der Waals surface area contributed by atoms with Gasteiger partial charge in [0.15, 0.2) is 0 Å². The lowest BCUT2D eigenvalue weighted by molar-refractivity contribution is -0.136. The van der Waals surface area contributed by atoms with Gasteiger partial charge < -0.3 is 9.64 Å². The number of rotatable bonds is 5. The van der Waals surface area contributed by atoms with Gasteiger partial charge in [-0.2, -0.15) is 0 Å². The van der Waals surface area contributed by atoms with Crippen LogP contribution >= 0.6 is 11.8 Å². The maximum atomic E-state index is 13.0. The fraction of sp³-hybridized carbons (Fsp3) is 0.375. The molecule has 4 rings (SSSR count). The van der Waals surface area contributed by atoms with Crippen molar-refractivity contribution in [2.24, 2.45) is 0 Å². The monoisotopic (exact) mass is 438 g/mol. The number of piperidine rings is 1. The molecule has 0 saturated carbocycles. The fourth-order valence-corrected chi connectivity index (χ4v) is 4.75. The van der Waals surface area contributed by atoms with E-state index in [0.29, 0.717) is 23.7 Å². The van der Waals surface area contributed by atoms with Crippen LogP contribution in [0.4, 0.5) is 4.79 Å². The molecule has 0 spiro atoms. The van der Waals surface area contributed by atoms with Gasteiger partial charge in [0.25, 0.3) is 11.1 Å². The van der Waals surface area contributed by atoms with Gasteiger partial charge in [-0.25, -0.2) is 0 Å². The molecule has 31 heavy (non-hydrogen) atoms. The highest BCUT2D eigenvalue weighted by atomic mass is 32.2. The maximum Gasteiger partial charge on any atom is 0.294 e. The van der Waals surface area contributed by atoms with E-state index in [9.17, 15) is 14.4 Å². The fourth-order valence-electron chi connectivity index (χ4n) is 3.93. The highest BCUT2D eigenvalue weighted by molar-refractivity contribution is 8.18. The average Bonchev–Trinajstić information content (AvgIpc) is 3.03. The number of hydrogen-bond acceptors (Lipinski definition) is 5. The van der Waals surface area contributed by atoms with Crippen LogP contribution < -0.4 is 4.74 Å². The summed E-state index contributed by atoms with van der Waals surface area (Å²) in [5.74, 6) is 0.0610. The summed E-state index contributed by atoms with van der Waals surface area (Å²) in [5.41, 5.74) is 0.764. The number of carbonyl (C=O) groups is 3. The van der Waals surface area contributed by atoms with Crippen molar-refractivity contribution in [3.05, 3.63) is 46.9 Å². The summed E-state index contributed by atoms with van der Waals surface area (Å²) in [6, 6.07) is 11.7. The molecule has 6 nitrogen and oxygen atoms in total. The minimum Gasteiger partial charge on any atom is -0.490 e. The van der Waals surface area contributed by atoms with Crippen LogP contribution in [0.1, 0.15) is 38.7 Å². The molecule has 0 aliphatic carbocycles. The van der Waals surface area contributed by atoms with Gasteiger partial charge in [-0.1, -0.05) is 30.3 Å². The highest BCUT2D eigenvalue weighted by Crippen LogP contribution is 2.37. The SMILES string of the molecule is CC(C)Oc1ccc2ccccc2c1C=C1SC(=O)N(CC(=O)N2CCCCC2)C1=O. The van der Waals surface area contributed by atoms with E-state index < -0.39 is 11.1 Å². The van der Waals surface area contributed by atoms with Gasteiger partial charge in [0, 0.05) is 18.7 Å². The molecule has 2 aliphatic heterocycles. The summed E-state index contributed by atoms with van der Waals surface area (Å²) in [5, 5.41) is 1.55. The van der Waals surface area contributed by atoms with E-state index in [1.807, 2.05) is 50.2 Å². The van der Waals surface area contributed by atoms with Crippen LogP contribution in [0.2, 0.25) is 0 Å². The summed E-state index contributed by atoms with van der Waals surface area (Å²) < 4.78 is 5.97. The van der Waals surface area contributed by atoms with Gasteiger partial charge in [-0.05, 0) is 67.8 Å². The van der Waals surface area contributed by atoms with Crippen molar-refractivity contribution >= 4 is 45.7 Å². The van der Waals surface area contributed by atoms with E-state index in [-0.39, 0.29) is 18.6 Å². The van der Waals surface area contributed by atoms with Gasteiger partial charge in [-0.3, -0.25) is 19.3 Å². The summed E-state index contributed by atoms with van der Waals surface area (Å²) in [7, 11) is 0. The van der Waals surface area contributed by atoms with Crippen molar-refractivity contribution < 1.29 is 19.1 Å². The lowest BCUT2D eigenvalue weighted by atomic mass is 10.0. The molecule has 0 N–H and O–H groups in total. The van der Waals surface area contributed by atoms with E-state index in [1.54, 1.807) is 11.0 Å². The second kappa shape index (κ2) is 9.14. The molecular weight excluding hydrogens is 412 g/mol. The predicted molar refractivity (Wildman–Crippen MR) is 123 cm³/mol. The number of amides is 3. The molecule has 2 saturated heterocycles. The Morgan fingerprint density at radius 1 is 1.10 bits per heavy atom. The Hall–Kier alpha value is -2.80. The van der Waals surface area contributed by atoms with Crippen LogP contribution in [0.5, 0.6) is 5.75 Å². The topological polar surface area (TPSA) is 66.9 Å². The Kier molecular flexibility index (Phi) is 6.32. The van der Waals surface area contributed by atoms with Gasteiger partial charge in [0.2, 0.25) is 5.91 Å². The number of hydrogen-bond donors (Lipinski definition) is 0. The minimum atomic E-state index is -0.427. The van der Waals surface area contributed by atoms with Crippen molar-refractivity contribution in [1.82, 2.24) is 9.80 Å². The Labute approximate surface area is 186 Å². The number of thioether (sulfide) groups is 1. The van der Waals surface area contributed by atoms with Crippen molar-refractivity contribution in [3.63, 3.8) is 0 Å².